The molecule has 1 aliphatic rings. The SMILES string of the molecule is Cc1cc(NC(=O)[C@@H](C)n2nc3c(cc2=O)CCC3)n[nH]1. The summed E-state index contributed by atoms with van der Waals surface area (Å²) in [5.41, 5.74) is 2.54. The molecule has 0 saturated heterocycles. The molecule has 1 aliphatic carbocycles. The fraction of sp³-hybridized carbons (Fsp3) is 0.429. The van der Waals surface area contributed by atoms with Crippen LogP contribution >= 0.6 is 0 Å². The van der Waals surface area contributed by atoms with Gasteiger partial charge in [-0.25, -0.2) is 4.68 Å². The van der Waals surface area contributed by atoms with E-state index in [2.05, 4.69) is 20.6 Å². The molecule has 7 nitrogen and oxygen atoms in total. The number of aromatic nitrogens is 4. The Hall–Kier alpha value is -2.44. The second kappa shape index (κ2) is 5.16. The molecule has 0 unspecified atom stereocenters. The molecule has 2 heterocycles. The first-order valence-electron chi connectivity index (χ1n) is 6.99. The molecule has 1 amide bonds. The van der Waals surface area contributed by atoms with Gasteiger partial charge in [-0.05, 0) is 38.7 Å². The summed E-state index contributed by atoms with van der Waals surface area (Å²) in [6.45, 7) is 3.50. The Morgan fingerprint density at radius 2 is 2.24 bits per heavy atom. The van der Waals surface area contributed by atoms with Gasteiger partial charge < -0.3 is 5.32 Å². The first kappa shape index (κ1) is 13.5. The van der Waals surface area contributed by atoms with E-state index in [4.69, 9.17) is 0 Å². The number of hydrogen-bond donors (Lipinski definition) is 2. The van der Waals surface area contributed by atoms with E-state index in [9.17, 15) is 9.59 Å². The zero-order chi connectivity index (χ0) is 15.0. The van der Waals surface area contributed by atoms with E-state index in [1.54, 1.807) is 19.1 Å². The summed E-state index contributed by atoms with van der Waals surface area (Å²) < 4.78 is 1.25. The van der Waals surface area contributed by atoms with E-state index in [0.717, 1.165) is 36.2 Å². The van der Waals surface area contributed by atoms with Gasteiger partial charge in [-0.1, -0.05) is 0 Å². The number of carbonyl (C=O) groups excluding carboxylic acids is 1. The van der Waals surface area contributed by atoms with E-state index in [1.165, 1.54) is 4.68 Å². The van der Waals surface area contributed by atoms with Crippen LogP contribution in [0.2, 0.25) is 0 Å². The standard InChI is InChI=1S/C14H17N5O2/c1-8-6-12(17-16-8)15-14(21)9(2)19-13(20)7-10-4-3-5-11(10)18-19/h6-7,9H,3-5H2,1-2H3,(H2,15,16,17,21)/t9-/m1/s1. The number of aryl methyl sites for hydroxylation is 3. The van der Waals surface area contributed by atoms with Gasteiger partial charge in [0.1, 0.15) is 6.04 Å². The van der Waals surface area contributed by atoms with Gasteiger partial charge in [0.2, 0.25) is 5.91 Å². The minimum absolute atomic E-state index is 0.239. The first-order valence-corrected chi connectivity index (χ1v) is 6.99. The van der Waals surface area contributed by atoms with Gasteiger partial charge in [-0.15, -0.1) is 0 Å². The molecule has 0 aliphatic heterocycles. The Morgan fingerprint density at radius 3 is 2.95 bits per heavy atom. The lowest BCUT2D eigenvalue weighted by Gasteiger charge is -2.14. The van der Waals surface area contributed by atoms with Crippen LogP contribution in [0.5, 0.6) is 0 Å². The topological polar surface area (TPSA) is 92.7 Å². The average molecular weight is 287 g/mol. The van der Waals surface area contributed by atoms with Crippen molar-refractivity contribution < 1.29 is 4.79 Å². The van der Waals surface area contributed by atoms with E-state index in [-0.39, 0.29) is 11.5 Å². The Balaban J connectivity index is 1.83. The fourth-order valence-corrected chi connectivity index (χ4v) is 2.52. The Kier molecular flexibility index (Phi) is 3.32. The van der Waals surface area contributed by atoms with Gasteiger partial charge in [0.25, 0.3) is 5.56 Å². The van der Waals surface area contributed by atoms with Crippen LogP contribution in [0.3, 0.4) is 0 Å². The number of nitrogens with one attached hydrogen (secondary N) is 2. The van der Waals surface area contributed by atoms with Gasteiger partial charge in [0.05, 0.1) is 5.69 Å². The number of fused-ring (bicyclic) bond motifs is 1. The van der Waals surface area contributed by atoms with Crippen molar-refractivity contribution in [2.45, 2.75) is 39.2 Å². The molecule has 0 radical (unpaired) electrons. The van der Waals surface area contributed by atoms with Crippen LogP contribution in [-0.4, -0.2) is 25.9 Å². The number of amides is 1. The van der Waals surface area contributed by atoms with Crippen molar-refractivity contribution in [3.63, 3.8) is 0 Å². The zero-order valence-corrected chi connectivity index (χ0v) is 12.0. The molecular formula is C14H17N5O2. The van der Waals surface area contributed by atoms with Crippen LogP contribution < -0.4 is 10.9 Å². The maximum absolute atomic E-state index is 12.2. The highest BCUT2D eigenvalue weighted by molar-refractivity contribution is 5.92. The second-order valence-corrected chi connectivity index (χ2v) is 5.35. The summed E-state index contributed by atoms with van der Waals surface area (Å²) in [5.74, 6) is 0.132. The number of hydrogen-bond acceptors (Lipinski definition) is 4. The van der Waals surface area contributed by atoms with E-state index in [1.807, 2.05) is 6.92 Å². The molecule has 21 heavy (non-hydrogen) atoms. The summed E-state index contributed by atoms with van der Waals surface area (Å²) in [6.07, 6.45) is 2.77. The van der Waals surface area contributed by atoms with Crippen molar-refractivity contribution in [2.24, 2.45) is 0 Å². The largest absolute Gasteiger partial charge is 0.307 e. The minimum atomic E-state index is -0.680. The minimum Gasteiger partial charge on any atom is -0.307 e. The van der Waals surface area contributed by atoms with Crippen LogP contribution in [0.1, 0.15) is 36.3 Å². The molecule has 1 atom stereocenters. The van der Waals surface area contributed by atoms with Crippen LogP contribution in [0.4, 0.5) is 5.82 Å². The highest BCUT2D eigenvalue weighted by Crippen LogP contribution is 2.18. The number of nitrogens with zero attached hydrogens (tertiary/aromatic N) is 3. The Morgan fingerprint density at radius 1 is 1.43 bits per heavy atom. The molecule has 0 aromatic carbocycles. The summed E-state index contributed by atoms with van der Waals surface area (Å²) in [4.78, 5) is 24.3. The van der Waals surface area contributed by atoms with E-state index < -0.39 is 6.04 Å². The normalized spacial score (nSPS) is 14.8. The lowest BCUT2D eigenvalue weighted by molar-refractivity contribution is -0.119. The molecule has 0 fully saturated rings. The van der Waals surface area contributed by atoms with Crippen molar-refractivity contribution in [3.05, 3.63) is 39.4 Å². The van der Waals surface area contributed by atoms with E-state index >= 15 is 0 Å². The van der Waals surface area contributed by atoms with Crippen molar-refractivity contribution in [1.82, 2.24) is 20.0 Å². The van der Waals surface area contributed by atoms with Crippen LogP contribution in [0.15, 0.2) is 16.9 Å². The van der Waals surface area contributed by atoms with Crippen molar-refractivity contribution >= 4 is 11.7 Å². The first-order chi connectivity index (χ1) is 10.0. The Bertz CT molecular complexity index is 746. The van der Waals surface area contributed by atoms with E-state index in [0.29, 0.717) is 5.82 Å². The lowest BCUT2D eigenvalue weighted by Crippen LogP contribution is -2.34. The molecule has 3 rings (SSSR count). The van der Waals surface area contributed by atoms with Gasteiger partial charge in [-0.3, -0.25) is 14.7 Å². The molecule has 0 bridgehead atoms. The maximum atomic E-state index is 12.2. The predicted molar refractivity (Wildman–Crippen MR) is 77.2 cm³/mol. The molecule has 0 saturated carbocycles. The van der Waals surface area contributed by atoms with Gasteiger partial charge >= 0.3 is 0 Å². The van der Waals surface area contributed by atoms with Crippen LogP contribution in [0.25, 0.3) is 0 Å². The molecular weight excluding hydrogens is 270 g/mol. The predicted octanol–water partition coefficient (Wildman–Crippen LogP) is 0.963. The van der Waals surface area contributed by atoms with Gasteiger partial charge in [0, 0.05) is 17.8 Å². The summed E-state index contributed by atoms with van der Waals surface area (Å²) in [6, 6.07) is 2.64. The quantitative estimate of drug-likeness (QED) is 0.879. The summed E-state index contributed by atoms with van der Waals surface area (Å²) in [5, 5.41) is 13.7. The molecule has 2 N–H and O–H groups in total. The molecule has 0 spiro atoms. The zero-order valence-electron chi connectivity index (χ0n) is 12.0. The lowest BCUT2D eigenvalue weighted by atomic mass is 10.2. The van der Waals surface area contributed by atoms with Crippen LogP contribution in [0, 0.1) is 6.92 Å². The fourth-order valence-electron chi connectivity index (χ4n) is 2.52. The van der Waals surface area contributed by atoms with Crippen molar-refractivity contribution in [3.8, 4) is 0 Å². The van der Waals surface area contributed by atoms with Gasteiger partial charge in [0.15, 0.2) is 5.82 Å². The second-order valence-electron chi connectivity index (χ2n) is 5.35. The number of H-pyrrole nitrogens is 1. The molecule has 2 aromatic rings. The number of aromatic amines is 1. The smallest absolute Gasteiger partial charge is 0.267 e. The average Bonchev–Trinajstić information content (AvgIpc) is 3.05. The number of anilines is 1. The number of carbonyl (C=O) groups is 1. The summed E-state index contributed by atoms with van der Waals surface area (Å²) >= 11 is 0. The third kappa shape index (κ3) is 2.58. The third-order valence-electron chi connectivity index (χ3n) is 3.69. The Labute approximate surface area is 121 Å². The monoisotopic (exact) mass is 287 g/mol. The molecule has 2 aromatic heterocycles. The highest BCUT2D eigenvalue weighted by Gasteiger charge is 2.21. The van der Waals surface area contributed by atoms with Crippen molar-refractivity contribution in [2.75, 3.05) is 5.32 Å². The summed E-state index contributed by atoms with van der Waals surface area (Å²) in [7, 11) is 0. The highest BCUT2D eigenvalue weighted by atomic mass is 16.2. The van der Waals surface area contributed by atoms with Crippen LogP contribution in [-0.2, 0) is 17.6 Å². The maximum Gasteiger partial charge on any atom is 0.267 e. The van der Waals surface area contributed by atoms with Crippen molar-refractivity contribution in [1.29, 1.82) is 0 Å². The van der Waals surface area contributed by atoms with Gasteiger partial charge in [-0.2, -0.15) is 10.2 Å². The number of rotatable bonds is 3. The molecule has 7 heteroatoms. The molecule has 110 valence electrons. The third-order valence-corrected chi connectivity index (χ3v) is 3.69.